The van der Waals surface area contributed by atoms with Crippen LogP contribution in [-0.2, 0) is 0 Å². The number of hydrogen-bond acceptors (Lipinski definition) is 3. The molecule has 0 unspecified atom stereocenters. The smallest absolute Gasteiger partial charge is 0.117 e. The Morgan fingerprint density at radius 2 is 1.95 bits per heavy atom. The van der Waals surface area contributed by atoms with Crippen LogP contribution in [0.4, 0.5) is 0 Å². The van der Waals surface area contributed by atoms with Crippen LogP contribution in [0, 0.1) is 5.92 Å². The van der Waals surface area contributed by atoms with Gasteiger partial charge < -0.3 is 15.3 Å². The topological polar surface area (TPSA) is 60.7 Å². The summed E-state index contributed by atoms with van der Waals surface area (Å²) in [5.41, 5.74) is 4.76. The van der Waals surface area contributed by atoms with E-state index in [4.69, 9.17) is 11.6 Å². The highest BCUT2D eigenvalue weighted by atomic mass is 35.5. The SMILES string of the molecule is CC(C)C(=C=CC[C@@H](O)c1ccc(O)cc1Cl)C[C@H](C)O. The minimum absolute atomic E-state index is 0.0745. The van der Waals surface area contributed by atoms with Gasteiger partial charge in [0, 0.05) is 12.8 Å². The molecule has 0 heterocycles. The quantitative estimate of drug-likeness (QED) is 0.697. The van der Waals surface area contributed by atoms with Gasteiger partial charge in [0.2, 0.25) is 0 Å². The van der Waals surface area contributed by atoms with E-state index in [1.807, 2.05) is 13.8 Å². The van der Waals surface area contributed by atoms with Gasteiger partial charge in [-0.1, -0.05) is 31.5 Å². The minimum atomic E-state index is -0.745. The molecule has 21 heavy (non-hydrogen) atoms. The molecule has 1 aromatic carbocycles. The van der Waals surface area contributed by atoms with E-state index >= 15 is 0 Å². The average Bonchev–Trinajstić information content (AvgIpc) is 2.36. The molecule has 0 fully saturated rings. The second-order valence-corrected chi connectivity index (χ2v) is 5.95. The lowest BCUT2D eigenvalue weighted by molar-refractivity contribution is 0.181. The fraction of sp³-hybridized carbons (Fsp3) is 0.471. The van der Waals surface area contributed by atoms with Crippen molar-refractivity contribution in [3.05, 3.63) is 46.2 Å². The first-order chi connectivity index (χ1) is 9.81. The summed E-state index contributed by atoms with van der Waals surface area (Å²) in [6.07, 6.45) is 1.57. The van der Waals surface area contributed by atoms with Crippen LogP contribution in [0.2, 0.25) is 5.02 Å². The summed E-state index contributed by atoms with van der Waals surface area (Å²) in [7, 11) is 0. The second kappa shape index (κ2) is 8.26. The Hall–Kier alpha value is -1.25. The van der Waals surface area contributed by atoms with Crippen molar-refractivity contribution >= 4 is 11.6 Å². The van der Waals surface area contributed by atoms with E-state index in [0.717, 1.165) is 5.57 Å². The summed E-state index contributed by atoms with van der Waals surface area (Å²) in [6, 6.07) is 4.52. The van der Waals surface area contributed by atoms with E-state index in [-0.39, 0.29) is 5.75 Å². The van der Waals surface area contributed by atoms with Gasteiger partial charge in [0.1, 0.15) is 5.75 Å². The second-order valence-electron chi connectivity index (χ2n) is 5.54. The summed E-state index contributed by atoms with van der Waals surface area (Å²) in [5, 5.41) is 29.2. The molecule has 0 saturated heterocycles. The fourth-order valence-electron chi connectivity index (χ4n) is 1.99. The van der Waals surface area contributed by atoms with Gasteiger partial charge in [0.25, 0.3) is 0 Å². The molecule has 1 aromatic rings. The molecule has 116 valence electrons. The maximum Gasteiger partial charge on any atom is 0.117 e. The maximum atomic E-state index is 10.1. The molecule has 2 atom stereocenters. The van der Waals surface area contributed by atoms with Gasteiger partial charge in [-0.25, -0.2) is 0 Å². The number of phenols is 1. The van der Waals surface area contributed by atoms with Crippen molar-refractivity contribution in [1.82, 2.24) is 0 Å². The van der Waals surface area contributed by atoms with E-state index in [9.17, 15) is 15.3 Å². The Morgan fingerprint density at radius 1 is 1.29 bits per heavy atom. The van der Waals surface area contributed by atoms with Gasteiger partial charge in [-0.15, -0.1) is 5.73 Å². The molecule has 0 bridgehead atoms. The number of aliphatic hydroxyl groups excluding tert-OH is 2. The zero-order valence-corrected chi connectivity index (χ0v) is 13.4. The van der Waals surface area contributed by atoms with Crippen molar-refractivity contribution in [3.63, 3.8) is 0 Å². The fourth-order valence-corrected chi connectivity index (χ4v) is 2.30. The molecule has 3 nitrogen and oxygen atoms in total. The lowest BCUT2D eigenvalue weighted by atomic mass is 9.98. The summed E-state index contributed by atoms with van der Waals surface area (Å²) >= 11 is 5.99. The first kappa shape index (κ1) is 17.8. The first-order valence-electron chi connectivity index (χ1n) is 7.09. The zero-order valence-electron chi connectivity index (χ0n) is 12.7. The molecule has 4 heteroatoms. The van der Waals surface area contributed by atoms with Gasteiger partial charge in [0.05, 0.1) is 17.2 Å². The van der Waals surface area contributed by atoms with Gasteiger partial charge in [-0.05, 0) is 42.2 Å². The van der Waals surface area contributed by atoms with Crippen LogP contribution in [-0.4, -0.2) is 21.4 Å². The Balaban J connectivity index is 2.82. The molecule has 0 aliphatic carbocycles. The normalized spacial score (nSPS) is 13.7. The van der Waals surface area contributed by atoms with E-state index in [2.05, 4.69) is 5.73 Å². The zero-order chi connectivity index (χ0) is 16.0. The Kier molecular flexibility index (Phi) is 7.00. The number of aliphatic hydroxyl groups is 2. The van der Waals surface area contributed by atoms with E-state index in [1.165, 1.54) is 12.1 Å². The van der Waals surface area contributed by atoms with Crippen molar-refractivity contribution in [2.75, 3.05) is 0 Å². The third-order valence-electron chi connectivity index (χ3n) is 3.18. The summed E-state index contributed by atoms with van der Waals surface area (Å²) in [4.78, 5) is 0. The number of hydrogen-bond donors (Lipinski definition) is 3. The highest BCUT2D eigenvalue weighted by molar-refractivity contribution is 6.31. The third kappa shape index (κ3) is 5.94. The maximum absolute atomic E-state index is 10.1. The molecule has 1 rings (SSSR count). The van der Waals surface area contributed by atoms with Crippen LogP contribution < -0.4 is 0 Å². The Bertz CT molecular complexity index is 529. The van der Waals surface area contributed by atoms with Crippen LogP contribution in [0.25, 0.3) is 0 Å². The monoisotopic (exact) mass is 310 g/mol. The summed E-state index contributed by atoms with van der Waals surface area (Å²) < 4.78 is 0. The average molecular weight is 311 g/mol. The molecule has 0 aliphatic heterocycles. The van der Waals surface area contributed by atoms with Crippen LogP contribution in [0.1, 0.15) is 45.3 Å². The number of aromatic hydroxyl groups is 1. The summed E-state index contributed by atoms with van der Waals surface area (Å²) in [6.45, 7) is 5.84. The van der Waals surface area contributed by atoms with E-state index in [0.29, 0.717) is 29.3 Å². The number of halogens is 1. The van der Waals surface area contributed by atoms with Gasteiger partial charge in [-0.3, -0.25) is 0 Å². The van der Waals surface area contributed by atoms with Gasteiger partial charge in [0.15, 0.2) is 0 Å². The molecule has 0 saturated carbocycles. The first-order valence-corrected chi connectivity index (χ1v) is 7.47. The predicted octanol–water partition coefficient (Wildman–Crippen LogP) is 3.98. The van der Waals surface area contributed by atoms with E-state index < -0.39 is 12.2 Å². The predicted molar refractivity (Wildman–Crippen MR) is 85.4 cm³/mol. The number of rotatable bonds is 6. The van der Waals surface area contributed by atoms with Crippen molar-refractivity contribution in [3.8, 4) is 5.75 Å². The molecule has 0 aliphatic rings. The molecule has 0 aromatic heterocycles. The van der Waals surface area contributed by atoms with Crippen molar-refractivity contribution in [1.29, 1.82) is 0 Å². The Labute approximate surface area is 131 Å². The van der Waals surface area contributed by atoms with Crippen molar-refractivity contribution < 1.29 is 15.3 Å². The minimum Gasteiger partial charge on any atom is -0.508 e. The summed E-state index contributed by atoms with van der Waals surface area (Å²) in [5.74, 6) is 0.371. The Morgan fingerprint density at radius 3 is 2.48 bits per heavy atom. The highest BCUT2D eigenvalue weighted by Crippen LogP contribution is 2.28. The molecular weight excluding hydrogens is 288 g/mol. The van der Waals surface area contributed by atoms with Crippen LogP contribution >= 0.6 is 11.6 Å². The molecular formula is C17H23ClO3. The van der Waals surface area contributed by atoms with Crippen LogP contribution in [0.3, 0.4) is 0 Å². The van der Waals surface area contributed by atoms with Crippen LogP contribution in [0.5, 0.6) is 5.75 Å². The lowest BCUT2D eigenvalue weighted by Crippen LogP contribution is -2.04. The van der Waals surface area contributed by atoms with Gasteiger partial charge >= 0.3 is 0 Å². The van der Waals surface area contributed by atoms with Crippen molar-refractivity contribution in [2.45, 2.75) is 45.8 Å². The van der Waals surface area contributed by atoms with E-state index in [1.54, 1.807) is 19.1 Å². The molecule has 0 amide bonds. The number of benzene rings is 1. The van der Waals surface area contributed by atoms with Crippen molar-refractivity contribution in [2.24, 2.45) is 5.92 Å². The van der Waals surface area contributed by atoms with Gasteiger partial charge in [-0.2, -0.15) is 0 Å². The third-order valence-corrected chi connectivity index (χ3v) is 3.51. The molecule has 3 N–H and O–H groups in total. The molecule has 0 radical (unpaired) electrons. The lowest BCUT2D eigenvalue weighted by Gasteiger charge is -2.12. The largest absolute Gasteiger partial charge is 0.508 e. The standard InChI is InChI=1S/C17H23ClO3/c1-11(2)13(9-12(3)19)5-4-6-17(21)15-8-7-14(20)10-16(15)18/h4,7-8,10-12,17,19-21H,6,9H2,1-3H3/t5?,12-,17+/m0/s1. The van der Waals surface area contributed by atoms with Crippen LogP contribution in [0.15, 0.2) is 35.6 Å². The molecule has 0 spiro atoms. The highest BCUT2D eigenvalue weighted by Gasteiger charge is 2.11. The number of phenolic OH excluding ortho intramolecular Hbond substituents is 1.